The Kier molecular flexibility index (Phi) is 9.97. The van der Waals surface area contributed by atoms with Crippen molar-refractivity contribution in [1.82, 2.24) is 0 Å². The summed E-state index contributed by atoms with van der Waals surface area (Å²) in [7, 11) is 0. The fourth-order valence-corrected chi connectivity index (χ4v) is 4.90. The zero-order valence-electron chi connectivity index (χ0n) is 22.3. The lowest BCUT2D eigenvalue weighted by atomic mass is 9.79. The van der Waals surface area contributed by atoms with Crippen molar-refractivity contribution in [1.29, 1.82) is 0 Å². The fourth-order valence-electron chi connectivity index (χ4n) is 4.90. The summed E-state index contributed by atoms with van der Waals surface area (Å²) in [5.41, 5.74) is 1.75. The predicted octanol–water partition coefficient (Wildman–Crippen LogP) is 9.09. The monoisotopic (exact) mass is 526 g/mol. The molecule has 3 aromatic rings. The first kappa shape index (κ1) is 27.9. The summed E-state index contributed by atoms with van der Waals surface area (Å²) in [6, 6.07) is 15.3. The molecule has 1 saturated carbocycles. The van der Waals surface area contributed by atoms with E-state index in [1.165, 1.54) is 6.07 Å². The average molecular weight is 527 g/mol. The second-order valence-electron chi connectivity index (χ2n) is 10.0. The van der Waals surface area contributed by atoms with Gasteiger partial charge in [0.1, 0.15) is 5.75 Å². The summed E-state index contributed by atoms with van der Waals surface area (Å²) in [5, 5.41) is 0. The number of halogens is 3. The van der Waals surface area contributed by atoms with Gasteiger partial charge in [-0.25, -0.2) is 8.78 Å². The van der Waals surface area contributed by atoms with Crippen molar-refractivity contribution in [3.05, 3.63) is 77.6 Å². The molecule has 204 valence electrons. The maximum atomic E-state index is 14.9. The highest BCUT2D eigenvalue weighted by Gasteiger charge is 2.25. The van der Waals surface area contributed by atoms with Crippen LogP contribution in [0.25, 0.3) is 11.1 Å². The lowest BCUT2D eigenvalue weighted by Gasteiger charge is -2.29. The Morgan fingerprint density at radius 3 is 2.13 bits per heavy atom. The molecule has 0 aromatic heterocycles. The van der Waals surface area contributed by atoms with Gasteiger partial charge >= 0.3 is 0 Å². The Labute approximate surface area is 223 Å². The Hall–Kier alpha value is -3.15. The molecule has 3 nitrogen and oxygen atoms in total. The molecule has 0 bridgehead atoms. The second kappa shape index (κ2) is 13.6. The molecule has 4 rings (SSSR count). The summed E-state index contributed by atoms with van der Waals surface area (Å²) < 4.78 is 61.0. The fraction of sp³-hybridized carbons (Fsp3) is 0.438. The summed E-state index contributed by atoms with van der Waals surface area (Å²) >= 11 is 0. The van der Waals surface area contributed by atoms with Crippen LogP contribution in [0.15, 0.2) is 54.6 Å². The molecule has 0 N–H and O–H groups in total. The second-order valence-corrected chi connectivity index (χ2v) is 10.0. The number of rotatable bonds is 12. The van der Waals surface area contributed by atoms with Gasteiger partial charge in [-0.2, -0.15) is 4.39 Å². The van der Waals surface area contributed by atoms with E-state index in [-0.39, 0.29) is 29.0 Å². The van der Waals surface area contributed by atoms with Gasteiger partial charge in [-0.05, 0) is 97.9 Å². The van der Waals surface area contributed by atoms with Crippen molar-refractivity contribution in [2.75, 3.05) is 19.8 Å². The van der Waals surface area contributed by atoms with Crippen molar-refractivity contribution in [2.24, 2.45) is 5.92 Å². The van der Waals surface area contributed by atoms with Gasteiger partial charge in [-0.3, -0.25) is 0 Å². The summed E-state index contributed by atoms with van der Waals surface area (Å²) in [4.78, 5) is 0. The summed E-state index contributed by atoms with van der Waals surface area (Å²) in [5.74, 6) is -0.755. The SMILES string of the molecule is CCCCOc1ccc(C2CCC(COc3ccc(-c4ccc(OCCC)cc4)c(F)c3F)CC2)cc1F. The summed E-state index contributed by atoms with van der Waals surface area (Å²) in [6.45, 7) is 5.54. The van der Waals surface area contributed by atoms with Crippen LogP contribution in [0.2, 0.25) is 0 Å². The average Bonchev–Trinajstić information content (AvgIpc) is 2.94. The standard InChI is InChI=1S/C32H37F3O3/c1-3-5-19-37-29-16-12-25(20-28(29)33)23-8-6-22(7-9-23)21-38-30-17-15-27(31(34)32(30)35)24-10-13-26(14-11-24)36-18-4-2/h10-17,20,22-23H,3-9,18-19,21H2,1-2H3. The molecule has 0 spiro atoms. The third kappa shape index (κ3) is 7.03. The zero-order chi connectivity index (χ0) is 26.9. The number of unbranched alkanes of at least 4 members (excludes halogenated alkanes) is 1. The molecule has 0 unspecified atom stereocenters. The van der Waals surface area contributed by atoms with E-state index in [1.54, 1.807) is 42.5 Å². The minimum absolute atomic E-state index is 0.0722. The molecule has 1 aliphatic carbocycles. The third-order valence-corrected chi connectivity index (χ3v) is 7.19. The van der Waals surface area contributed by atoms with E-state index in [2.05, 4.69) is 6.92 Å². The van der Waals surface area contributed by atoms with Gasteiger partial charge in [0, 0.05) is 5.56 Å². The molecule has 3 aromatic carbocycles. The van der Waals surface area contributed by atoms with E-state index in [1.807, 2.05) is 13.0 Å². The van der Waals surface area contributed by atoms with Crippen LogP contribution in [0.4, 0.5) is 13.2 Å². The van der Waals surface area contributed by atoms with Crippen LogP contribution in [-0.2, 0) is 0 Å². The highest BCUT2D eigenvalue weighted by Crippen LogP contribution is 2.38. The molecule has 0 atom stereocenters. The van der Waals surface area contributed by atoms with E-state index in [4.69, 9.17) is 14.2 Å². The summed E-state index contributed by atoms with van der Waals surface area (Å²) in [6.07, 6.45) is 6.37. The first-order valence-electron chi connectivity index (χ1n) is 13.8. The molecule has 38 heavy (non-hydrogen) atoms. The molecule has 0 aliphatic heterocycles. The van der Waals surface area contributed by atoms with Crippen LogP contribution in [0.5, 0.6) is 17.2 Å². The van der Waals surface area contributed by atoms with Crippen molar-refractivity contribution in [3.8, 4) is 28.4 Å². The van der Waals surface area contributed by atoms with Crippen LogP contribution in [0, 0.1) is 23.4 Å². The smallest absolute Gasteiger partial charge is 0.201 e. The van der Waals surface area contributed by atoms with Crippen LogP contribution < -0.4 is 14.2 Å². The zero-order valence-corrected chi connectivity index (χ0v) is 22.3. The van der Waals surface area contributed by atoms with E-state index in [9.17, 15) is 13.2 Å². The third-order valence-electron chi connectivity index (χ3n) is 7.19. The largest absolute Gasteiger partial charge is 0.494 e. The lowest BCUT2D eigenvalue weighted by molar-refractivity contribution is 0.192. The van der Waals surface area contributed by atoms with Gasteiger partial charge in [0.05, 0.1) is 19.8 Å². The molecule has 0 heterocycles. The maximum absolute atomic E-state index is 14.9. The van der Waals surface area contributed by atoms with Crippen molar-refractivity contribution in [2.45, 2.75) is 64.7 Å². The van der Waals surface area contributed by atoms with Crippen molar-refractivity contribution < 1.29 is 27.4 Å². The van der Waals surface area contributed by atoms with Gasteiger partial charge in [0.15, 0.2) is 23.1 Å². The Balaban J connectivity index is 1.29. The topological polar surface area (TPSA) is 27.7 Å². The quantitative estimate of drug-likeness (QED) is 0.220. The van der Waals surface area contributed by atoms with Crippen molar-refractivity contribution >= 4 is 0 Å². The number of ether oxygens (including phenoxy) is 3. The predicted molar refractivity (Wildman–Crippen MR) is 145 cm³/mol. The van der Waals surface area contributed by atoms with Gasteiger partial charge < -0.3 is 14.2 Å². The lowest BCUT2D eigenvalue weighted by Crippen LogP contribution is -2.19. The molecular weight excluding hydrogens is 489 g/mol. The van der Waals surface area contributed by atoms with E-state index in [0.717, 1.165) is 50.5 Å². The van der Waals surface area contributed by atoms with Gasteiger partial charge in [-0.15, -0.1) is 0 Å². The van der Waals surface area contributed by atoms with Gasteiger partial charge in [-0.1, -0.05) is 38.5 Å². The van der Waals surface area contributed by atoms with Crippen molar-refractivity contribution in [3.63, 3.8) is 0 Å². The van der Waals surface area contributed by atoms with Crippen LogP contribution in [0.3, 0.4) is 0 Å². The Morgan fingerprint density at radius 1 is 0.711 bits per heavy atom. The molecular formula is C32H37F3O3. The molecule has 0 amide bonds. The first-order valence-corrected chi connectivity index (χ1v) is 13.8. The van der Waals surface area contributed by atoms with E-state index in [0.29, 0.717) is 36.9 Å². The molecule has 6 heteroatoms. The van der Waals surface area contributed by atoms with Crippen LogP contribution in [-0.4, -0.2) is 19.8 Å². The number of benzene rings is 3. The van der Waals surface area contributed by atoms with Crippen LogP contribution >= 0.6 is 0 Å². The van der Waals surface area contributed by atoms with Gasteiger partial charge in [0.25, 0.3) is 0 Å². The molecule has 0 radical (unpaired) electrons. The molecule has 0 saturated heterocycles. The normalized spacial score (nSPS) is 17.3. The number of hydrogen-bond acceptors (Lipinski definition) is 3. The minimum atomic E-state index is -0.973. The highest BCUT2D eigenvalue weighted by atomic mass is 19.2. The minimum Gasteiger partial charge on any atom is -0.494 e. The number of hydrogen-bond donors (Lipinski definition) is 0. The molecule has 1 fully saturated rings. The highest BCUT2D eigenvalue weighted by molar-refractivity contribution is 5.66. The van der Waals surface area contributed by atoms with E-state index < -0.39 is 11.6 Å². The molecule has 1 aliphatic rings. The Morgan fingerprint density at radius 2 is 1.45 bits per heavy atom. The van der Waals surface area contributed by atoms with E-state index >= 15 is 0 Å². The first-order chi connectivity index (χ1) is 18.5. The van der Waals surface area contributed by atoms with Gasteiger partial charge in [0.2, 0.25) is 5.82 Å². The van der Waals surface area contributed by atoms with Crippen LogP contribution in [0.1, 0.15) is 70.3 Å². The maximum Gasteiger partial charge on any atom is 0.201 e. The Bertz CT molecular complexity index is 1170.